The molecular weight excluding hydrogens is 340 g/mol. The number of rotatable bonds is 6. The Balaban J connectivity index is 2.11. The molecule has 1 N–H and O–H groups in total. The molecule has 0 unspecified atom stereocenters. The highest BCUT2D eigenvalue weighted by molar-refractivity contribution is 9.10. The molecule has 0 aliphatic rings. The molecule has 6 heteroatoms. The molecule has 2 aromatic rings. The van der Waals surface area contributed by atoms with Crippen LogP contribution in [0, 0.1) is 0 Å². The molecule has 4 nitrogen and oxygen atoms in total. The van der Waals surface area contributed by atoms with E-state index in [2.05, 4.69) is 26.2 Å². The molecule has 1 aromatic heterocycles. The van der Waals surface area contributed by atoms with E-state index in [4.69, 9.17) is 0 Å². The van der Waals surface area contributed by atoms with Crippen molar-refractivity contribution in [2.45, 2.75) is 13.3 Å². The SMILES string of the molecule is CCCS(=O)(=O)CCNc1cccc2cc(Br)cnc12. The minimum absolute atomic E-state index is 0.147. The number of pyridine rings is 1. The number of para-hydroxylation sites is 1. The lowest BCUT2D eigenvalue weighted by Crippen LogP contribution is -2.18. The van der Waals surface area contributed by atoms with Crippen molar-refractivity contribution >= 4 is 42.4 Å². The lowest BCUT2D eigenvalue weighted by molar-refractivity contribution is 0.595. The normalized spacial score (nSPS) is 11.7. The molecule has 108 valence electrons. The summed E-state index contributed by atoms with van der Waals surface area (Å²) in [6.07, 6.45) is 2.40. The average Bonchev–Trinajstić information content (AvgIpc) is 2.38. The van der Waals surface area contributed by atoms with Crippen LogP contribution in [0.3, 0.4) is 0 Å². The summed E-state index contributed by atoms with van der Waals surface area (Å²) in [7, 11) is -2.95. The van der Waals surface area contributed by atoms with E-state index in [0.717, 1.165) is 21.1 Å². The summed E-state index contributed by atoms with van der Waals surface area (Å²) >= 11 is 3.39. The Morgan fingerprint density at radius 3 is 2.85 bits per heavy atom. The predicted molar refractivity (Wildman–Crippen MR) is 86.9 cm³/mol. The first kappa shape index (κ1) is 15.3. The van der Waals surface area contributed by atoms with Crippen molar-refractivity contribution in [2.75, 3.05) is 23.4 Å². The molecule has 0 fully saturated rings. The Labute approximate surface area is 127 Å². The summed E-state index contributed by atoms with van der Waals surface area (Å²) in [4.78, 5) is 4.37. The van der Waals surface area contributed by atoms with E-state index in [0.29, 0.717) is 13.0 Å². The van der Waals surface area contributed by atoms with Crippen LogP contribution in [0.1, 0.15) is 13.3 Å². The monoisotopic (exact) mass is 356 g/mol. The molecule has 0 radical (unpaired) electrons. The van der Waals surface area contributed by atoms with Crippen LogP contribution >= 0.6 is 15.9 Å². The third-order valence-corrected chi connectivity index (χ3v) is 5.21. The van der Waals surface area contributed by atoms with Gasteiger partial charge in [-0.25, -0.2) is 8.42 Å². The van der Waals surface area contributed by atoms with Gasteiger partial charge in [-0.05, 0) is 34.5 Å². The number of nitrogens with zero attached hydrogens (tertiary/aromatic N) is 1. The highest BCUT2D eigenvalue weighted by Crippen LogP contribution is 2.23. The van der Waals surface area contributed by atoms with E-state index >= 15 is 0 Å². The fraction of sp³-hybridized carbons (Fsp3) is 0.357. The lowest BCUT2D eigenvalue weighted by atomic mass is 10.2. The summed E-state index contributed by atoms with van der Waals surface area (Å²) in [5.74, 6) is 0.392. The van der Waals surface area contributed by atoms with Gasteiger partial charge < -0.3 is 5.32 Å². The standard InChI is InChI=1S/C14H17BrN2O2S/c1-2-7-20(18,19)8-6-16-13-5-3-4-11-9-12(15)10-17-14(11)13/h3-5,9-10,16H,2,6-8H2,1H3. The van der Waals surface area contributed by atoms with Crippen molar-refractivity contribution in [1.29, 1.82) is 0 Å². The van der Waals surface area contributed by atoms with Crippen molar-refractivity contribution in [3.8, 4) is 0 Å². The Kier molecular flexibility index (Phi) is 4.99. The third kappa shape index (κ3) is 3.93. The number of halogens is 1. The molecule has 2 rings (SSSR count). The van der Waals surface area contributed by atoms with Crippen molar-refractivity contribution in [3.63, 3.8) is 0 Å². The second-order valence-electron chi connectivity index (χ2n) is 4.61. The van der Waals surface area contributed by atoms with E-state index in [1.54, 1.807) is 6.20 Å². The van der Waals surface area contributed by atoms with Crippen LogP contribution in [-0.4, -0.2) is 31.5 Å². The quantitative estimate of drug-likeness (QED) is 0.862. The Morgan fingerprint density at radius 2 is 2.10 bits per heavy atom. The van der Waals surface area contributed by atoms with Crippen molar-refractivity contribution in [1.82, 2.24) is 4.98 Å². The molecule has 0 bridgehead atoms. The molecule has 0 spiro atoms. The lowest BCUT2D eigenvalue weighted by Gasteiger charge is -2.09. The first-order chi connectivity index (χ1) is 9.52. The summed E-state index contributed by atoms with van der Waals surface area (Å²) < 4.78 is 24.3. The smallest absolute Gasteiger partial charge is 0.152 e. The number of nitrogens with one attached hydrogen (secondary N) is 1. The molecule has 0 aliphatic carbocycles. The van der Waals surface area contributed by atoms with Crippen molar-refractivity contribution in [3.05, 3.63) is 34.9 Å². The van der Waals surface area contributed by atoms with Gasteiger partial charge in [0.2, 0.25) is 0 Å². The zero-order valence-corrected chi connectivity index (χ0v) is 13.7. The highest BCUT2D eigenvalue weighted by atomic mass is 79.9. The van der Waals surface area contributed by atoms with E-state index in [1.807, 2.05) is 31.2 Å². The predicted octanol–water partition coefficient (Wildman–Crippen LogP) is 3.23. The molecule has 20 heavy (non-hydrogen) atoms. The number of hydrogen-bond acceptors (Lipinski definition) is 4. The first-order valence-electron chi connectivity index (χ1n) is 6.50. The molecule has 0 amide bonds. The maximum atomic E-state index is 11.7. The maximum absolute atomic E-state index is 11.7. The topological polar surface area (TPSA) is 59.1 Å². The molecule has 0 aliphatic heterocycles. The molecule has 0 saturated heterocycles. The molecule has 1 heterocycles. The number of hydrogen-bond donors (Lipinski definition) is 1. The Hall–Kier alpha value is -1.14. The van der Waals surface area contributed by atoms with Crippen molar-refractivity contribution in [2.24, 2.45) is 0 Å². The summed E-state index contributed by atoms with van der Waals surface area (Å²) in [6.45, 7) is 2.27. The van der Waals surface area contributed by atoms with E-state index in [-0.39, 0.29) is 11.5 Å². The van der Waals surface area contributed by atoms with Crippen molar-refractivity contribution < 1.29 is 8.42 Å². The third-order valence-electron chi connectivity index (χ3n) is 2.92. The minimum Gasteiger partial charge on any atom is -0.382 e. The zero-order valence-electron chi connectivity index (χ0n) is 11.3. The largest absolute Gasteiger partial charge is 0.382 e. The van der Waals surface area contributed by atoms with Crippen LogP contribution in [0.2, 0.25) is 0 Å². The summed E-state index contributed by atoms with van der Waals surface area (Å²) in [6, 6.07) is 7.81. The second-order valence-corrected chi connectivity index (χ2v) is 7.83. The van der Waals surface area contributed by atoms with E-state index < -0.39 is 9.84 Å². The number of benzene rings is 1. The Morgan fingerprint density at radius 1 is 1.30 bits per heavy atom. The molecule has 1 aromatic carbocycles. The number of anilines is 1. The van der Waals surface area contributed by atoms with E-state index in [1.165, 1.54) is 0 Å². The van der Waals surface area contributed by atoms with Crippen LogP contribution in [0.4, 0.5) is 5.69 Å². The van der Waals surface area contributed by atoms with Gasteiger partial charge in [-0.15, -0.1) is 0 Å². The zero-order chi connectivity index (χ0) is 14.6. The average molecular weight is 357 g/mol. The first-order valence-corrected chi connectivity index (χ1v) is 9.12. The van der Waals surface area contributed by atoms with Gasteiger partial charge in [0.15, 0.2) is 9.84 Å². The number of aromatic nitrogens is 1. The molecular formula is C14H17BrN2O2S. The minimum atomic E-state index is -2.95. The number of sulfone groups is 1. The van der Waals surface area contributed by atoms with Crippen LogP contribution in [0.5, 0.6) is 0 Å². The molecule has 0 atom stereocenters. The van der Waals surface area contributed by atoms with Gasteiger partial charge in [-0.2, -0.15) is 0 Å². The summed E-state index contributed by atoms with van der Waals surface area (Å²) in [5.41, 5.74) is 1.71. The van der Waals surface area contributed by atoms with Crippen LogP contribution in [-0.2, 0) is 9.84 Å². The van der Waals surface area contributed by atoms with E-state index in [9.17, 15) is 8.42 Å². The van der Waals surface area contributed by atoms with Crippen LogP contribution in [0.25, 0.3) is 10.9 Å². The van der Waals surface area contributed by atoms with Gasteiger partial charge >= 0.3 is 0 Å². The van der Waals surface area contributed by atoms with Gasteiger partial charge in [0.05, 0.1) is 17.0 Å². The summed E-state index contributed by atoms with van der Waals surface area (Å²) in [5, 5.41) is 4.18. The highest BCUT2D eigenvalue weighted by Gasteiger charge is 2.09. The maximum Gasteiger partial charge on any atom is 0.152 e. The van der Waals surface area contributed by atoms with Gasteiger partial charge in [-0.3, -0.25) is 4.98 Å². The van der Waals surface area contributed by atoms with Gasteiger partial charge in [0.25, 0.3) is 0 Å². The van der Waals surface area contributed by atoms with Gasteiger partial charge in [0.1, 0.15) is 0 Å². The second kappa shape index (κ2) is 6.54. The fourth-order valence-electron chi connectivity index (χ4n) is 2.03. The Bertz CT molecular complexity index is 701. The van der Waals surface area contributed by atoms with Crippen LogP contribution < -0.4 is 5.32 Å². The van der Waals surface area contributed by atoms with Gasteiger partial charge in [0, 0.05) is 28.4 Å². The number of fused-ring (bicyclic) bond motifs is 1. The fourth-order valence-corrected chi connectivity index (χ4v) is 3.62. The van der Waals surface area contributed by atoms with Gasteiger partial charge in [-0.1, -0.05) is 19.1 Å². The molecule has 0 saturated carbocycles. The van der Waals surface area contributed by atoms with Crippen LogP contribution in [0.15, 0.2) is 34.9 Å².